The maximum absolute atomic E-state index is 14.0. The van der Waals surface area contributed by atoms with Crippen molar-refractivity contribution in [1.29, 1.82) is 5.26 Å². The van der Waals surface area contributed by atoms with Gasteiger partial charge in [0, 0.05) is 12.5 Å². The molecule has 0 unspecified atom stereocenters. The predicted molar refractivity (Wildman–Crippen MR) is 79.1 cm³/mol. The van der Waals surface area contributed by atoms with E-state index in [1.54, 1.807) is 6.92 Å². The molecule has 0 radical (unpaired) electrons. The first-order chi connectivity index (χ1) is 11.1. The molecule has 114 valence electrons. The highest BCUT2D eigenvalue weighted by atomic mass is 19.1. The van der Waals surface area contributed by atoms with Gasteiger partial charge < -0.3 is 0 Å². The van der Waals surface area contributed by atoms with Crippen LogP contribution in [-0.4, -0.2) is 14.5 Å². The third-order valence-corrected chi connectivity index (χ3v) is 3.43. The van der Waals surface area contributed by atoms with Crippen LogP contribution < -0.4 is 5.56 Å². The minimum absolute atomic E-state index is 0.0136. The number of aryl methyl sites for hydroxylation is 1. The summed E-state index contributed by atoms with van der Waals surface area (Å²) in [6, 6.07) is 5.31. The summed E-state index contributed by atoms with van der Waals surface area (Å²) in [7, 11) is 0. The Bertz CT molecular complexity index is 1020. The number of hydrogen-bond donors (Lipinski definition) is 0. The summed E-state index contributed by atoms with van der Waals surface area (Å²) >= 11 is 0. The van der Waals surface area contributed by atoms with Gasteiger partial charge in [0.1, 0.15) is 29.0 Å². The largest absolute Gasteiger partial charge is 0.268 e. The molecule has 0 saturated carbocycles. The molecule has 0 amide bonds. The zero-order chi connectivity index (χ0) is 16.6. The van der Waals surface area contributed by atoms with Crippen LogP contribution >= 0.6 is 0 Å². The molecule has 0 saturated heterocycles. The van der Waals surface area contributed by atoms with Crippen molar-refractivity contribution in [2.24, 2.45) is 0 Å². The average Bonchev–Trinajstić information content (AvgIpc) is 2.55. The predicted octanol–water partition coefficient (Wildman–Crippen LogP) is 2.49. The van der Waals surface area contributed by atoms with E-state index in [1.807, 2.05) is 6.07 Å². The molecule has 5 nitrogen and oxygen atoms in total. The van der Waals surface area contributed by atoms with Crippen LogP contribution in [0.4, 0.5) is 8.78 Å². The molecule has 3 aromatic rings. The first-order valence-corrected chi connectivity index (χ1v) is 6.82. The van der Waals surface area contributed by atoms with Crippen molar-refractivity contribution in [3.63, 3.8) is 0 Å². The summed E-state index contributed by atoms with van der Waals surface area (Å²) in [6.07, 6.45) is 2.63. The Morgan fingerprint density at radius 2 is 2.09 bits per heavy atom. The first-order valence-electron chi connectivity index (χ1n) is 6.82. The fraction of sp³-hybridized carbons (Fsp3) is 0.125. The van der Waals surface area contributed by atoms with E-state index in [0.29, 0.717) is 6.42 Å². The zero-order valence-corrected chi connectivity index (χ0v) is 12.0. The number of rotatable bonds is 2. The van der Waals surface area contributed by atoms with E-state index in [-0.39, 0.29) is 28.0 Å². The highest BCUT2D eigenvalue weighted by Crippen LogP contribution is 2.19. The summed E-state index contributed by atoms with van der Waals surface area (Å²) < 4.78 is 28.6. The summed E-state index contributed by atoms with van der Waals surface area (Å²) in [5.74, 6) is -1.05. The van der Waals surface area contributed by atoms with Crippen LogP contribution in [0.25, 0.3) is 16.6 Å². The van der Waals surface area contributed by atoms with E-state index in [1.165, 1.54) is 12.3 Å². The van der Waals surface area contributed by atoms with Crippen LogP contribution in [0.3, 0.4) is 0 Å². The third-order valence-electron chi connectivity index (χ3n) is 3.43. The number of benzene rings is 1. The molecule has 7 heteroatoms. The number of fused-ring (bicyclic) bond motifs is 1. The molecule has 3 rings (SSSR count). The Balaban J connectivity index is 2.50. The molecule has 23 heavy (non-hydrogen) atoms. The molecule has 2 aromatic heterocycles. The lowest BCUT2D eigenvalue weighted by Gasteiger charge is -2.13. The molecule has 0 aliphatic carbocycles. The zero-order valence-electron chi connectivity index (χ0n) is 12.0. The molecule has 2 heterocycles. The first kappa shape index (κ1) is 14.8. The second-order valence-electron chi connectivity index (χ2n) is 4.81. The third kappa shape index (κ3) is 2.34. The van der Waals surface area contributed by atoms with Gasteiger partial charge in [-0.25, -0.2) is 13.8 Å². The Hall–Kier alpha value is -3.14. The van der Waals surface area contributed by atoms with E-state index < -0.39 is 17.2 Å². The maximum atomic E-state index is 14.0. The number of nitriles is 1. The molecule has 0 spiro atoms. The van der Waals surface area contributed by atoms with Gasteiger partial charge in [0.2, 0.25) is 0 Å². The Kier molecular flexibility index (Phi) is 3.58. The number of nitrogens with zero attached hydrogens (tertiary/aromatic N) is 4. The highest BCUT2D eigenvalue weighted by molar-refractivity contribution is 5.84. The van der Waals surface area contributed by atoms with Crippen LogP contribution in [0.5, 0.6) is 0 Å². The molecule has 1 aromatic carbocycles. The minimum atomic E-state index is -0.685. The molecule has 0 bridgehead atoms. The Morgan fingerprint density at radius 3 is 2.74 bits per heavy atom. The quantitative estimate of drug-likeness (QED) is 0.729. The summed E-state index contributed by atoms with van der Waals surface area (Å²) in [5.41, 5.74) is -0.601. The van der Waals surface area contributed by atoms with E-state index >= 15 is 0 Å². The lowest BCUT2D eigenvalue weighted by Crippen LogP contribution is -2.25. The maximum Gasteiger partial charge on any atom is 0.267 e. The Labute approximate surface area is 129 Å². The molecule has 0 aliphatic rings. The van der Waals surface area contributed by atoms with Crippen molar-refractivity contribution < 1.29 is 8.78 Å². The van der Waals surface area contributed by atoms with Gasteiger partial charge in [0.15, 0.2) is 0 Å². The van der Waals surface area contributed by atoms with E-state index in [2.05, 4.69) is 9.97 Å². The minimum Gasteiger partial charge on any atom is -0.268 e. The second-order valence-corrected chi connectivity index (χ2v) is 4.81. The molecular weight excluding hydrogens is 302 g/mol. The molecular formula is C16H10F2N4O. The summed E-state index contributed by atoms with van der Waals surface area (Å²) in [5, 5.41) is 9.03. The Morgan fingerprint density at radius 1 is 1.30 bits per heavy atom. The van der Waals surface area contributed by atoms with Crippen molar-refractivity contribution in [3.05, 3.63) is 64.0 Å². The SMILES string of the molecule is CCc1nc2c(F)ccc(C#N)c2c(=O)n1-c1cncc(F)c1. The van der Waals surface area contributed by atoms with Crippen molar-refractivity contribution >= 4 is 10.9 Å². The van der Waals surface area contributed by atoms with Gasteiger partial charge in [-0.05, 0) is 12.1 Å². The molecule has 0 fully saturated rings. The van der Waals surface area contributed by atoms with E-state index in [9.17, 15) is 13.6 Å². The second kappa shape index (κ2) is 5.57. The van der Waals surface area contributed by atoms with Crippen molar-refractivity contribution in [3.8, 4) is 11.8 Å². The van der Waals surface area contributed by atoms with Crippen LogP contribution in [0.15, 0.2) is 35.4 Å². The van der Waals surface area contributed by atoms with Crippen molar-refractivity contribution in [2.75, 3.05) is 0 Å². The standard InChI is InChI=1S/C16H10F2N4O/c1-2-13-21-15-12(18)4-3-9(6-19)14(15)16(23)22(13)11-5-10(17)7-20-8-11/h3-5,7-8H,2H2,1H3. The van der Waals surface area contributed by atoms with Crippen LogP contribution in [-0.2, 0) is 6.42 Å². The van der Waals surface area contributed by atoms with Crippen molar-refractivity contribution in [2.45, 2.75) is 13.3 Å². The van der Waals surface area contributed by atoms with E-state index in [0.717, 1.165) is 22.9 Å². The van der Waals surface area contributed by atoms with Gasteiger partial charge in [-0.2, -0.15) is 5.26 Å². The lowest BCUT2D eigenvalue weighted by atomic mass is 10.1. The van der Waals surface area contributed by atoms with Crippen molar-refractivity contribution in [1.82, 2.24) is 14.5 Å². The number of aromatic nitrogens is 3. The molecule has 0 atom stereocenters. The fourth-order valence-corrected chi connectivity index (χ4v) is 2.42. The molecule has 0 N–H and O–H groups in total. The van der Waals surface area contributed by atoms with E-state index in [4.69, 9.17) is 5.26 Å². The number of pyridine rings is 1. The smallest absolute Gasteiger partial charge is 0.267 e. The van der Waals surface area contributed by atoms with Gasteiger partial charge in [-0.1, -0.05) is 6.92 Å². The fourth-order valence-electron chi connectivity index (χ4n) is 2.42. The topological polar surface area (TPSA) is 71.6 Å². The number of hydrogen-bond acceptors (Lipinski definition) is 4. The highest BCUT2D eigenvalue weighted by Gasteiger charge is 2.17. The van der Waals surface area contributed by atoms with Gasteiger partial charge in [-0.15, -0.1) is 0 Å². The van der Waals surface area contributed by atoms with Gasteiger partial charge >= 0.3 is 0 Å². The number of halogens is 2. The lowest BCUT2D eigenvalue weighted by molar-refractivity contribution is 0.618. The monoisotopic (exact) mass is 312 g/mol. The van der Waals surface area contributed by atoms with Gasteiger partial charge in [0.05, 0.1) is 29.0 Å². The molecule has 0 aliphatic heterocycles. The average molecular weight is 312 g/mol. The van der Waals surface area contributed by atoms with Crippen LogP contribution in [0, 0.1) is 23.0 Å². The normalized spacial score (nSPS) is 10.7. The van der Waals surface area contributed by atoms with Gasteiger partial charge in [0.25, 0.3) is 5.56 Å². The van der Waals surface area contributed by atoms with Crippen LogP contribution in [0.2, 0.25) is 0 Å². The van der Waals surface area contributed by atoms with Gasteiger partial charge in [-0.3, -0.25) is 14.3 Å². The summed E-state index contributed by atoms with van der Waals surface area (Å²) in [6.45, 7) is 1.74. The summed E-state index contributed by atoms with van der Waals surface area (Å²) in [4.78, 5) is 20.7. The van der Waals surface area contributed by atoms with Crippen LogP contribution in [0.1, 0.15) is 18.3 Å².